The van der Waals surface area contributed by atoms with E-state index in [1.54, 1.807) is 19.2 Å². The normalized spacial score (nSPS) is 15.4. The molecule has 0 bridgehead atoms. The molecule has 0 heterocycles. The van der Waals surface area contributed by atoms with Crippen molar-refractivity contribution >= 4 is 21.6 Å². The van der Waals surface area contributed by atoms with Crippen LogP contribution >= 0.6 is 0 Å². The van der Waals surface area contributed by atoms with E-state index >= 15 is 0 Å². The van der Waals surface area contributed by atoms with Gasteiger partial charge in [-0.25, -0.2) is 12.8 Å². The monoisotopic (exact) mass is 418 g/mol. The van der Waals surface area contributed by atoms with Gasteiger partial charge < -0.3 is 4.90 Å². The molecule has 0 atom stereocenters. The molecule has 2 aromatic carbocycles. The van der Waals surface area contributed by atoms with Gasteiger partial charge in [-0.3, -0.25) is 4.79 Å². The third kappa shape index (κ3) is 4.67. The highest BCUT2D eigenvalue weighted by atomic mass is 32.2. The van der Waals surface area contributed by atoms with Crippen LogP contribution in [0.15, 0.2) is 53.4 Å². The quantitative estimate of drug-likeness (QED) is 0.697. The van der Waals surface area contributed by atoms with Gasteiger partial charge in [0.25, 0.3) is 5.91 Å². The number of carbonyl (C=O) groups excluding carboxylic acids is 1. The standard InChI is InChI=1S/C22H27FN2O3S/c1-3-25(20-14-12-18(23)13-15-20)22(26)17-8-7-11-21(16-17)29(27,28)24(2)19-9-5-4-6-10-19/h7-8,11-16,19H,3-6,9-10H2,1-2H3. The summed E-state index contributed by atoms with van der Waals surface area (Å²) in [5.74, 6) is -0.701. The second-order valence-electron chi connectivity index (χ2n) is 7.37. The number of sulfonamides is 1. The zero-order valence-corrected chi connectivity index (χ0v) is 17.7. The summed E-state index contributed by atoms with van der Waals surface area (Å²) in [5, 5.41) is 0. The van der Waals surface area contributed by atoms with Crippen molar-refractivity contribution in [2.75, 3.05) is 18.5 Å². The Hall–Kier alpha value is -2.25. The zero-order chi connectivity index (χ0) is 21.0. The lowest BCUT2D eigenvalue weighted by Gasteiger charge is -2.30. The fraction of sp³-hybridized carbons (Fsp3) is 0.409. The summed E-state index contributed by atoms with van der Waals surface area (Å²) in [5.41, 5.74) is 0.848. The van der Waals surface area contributed by atoms with Gasteiger partial charge in [-0.15, -0.1) is 0 Å². The van der Waals surface area contributed by atoms with Crippen molar-refractivity contribution in [3.05, 3.63) is 59.9 Å². The van der Waals surface area contributed by atoms with Gasteiger partial charge in [0.05, 0.1) is 4.90 Å². The van der Waals surface area contributed by atoms with E-state index < -0.39 is 10.0 Å². The number of benzene rings is 2. The van der Waals surface area contributed by atoms with E-state index in [9.17, 15) is 17.6 Å². The molecule has 1 aliphatic rings. The average Bonchev–Trinajstić information content (AvgIpc) is 2.75. The second kappa shape index (κ2) is 9.05. The summed E-state index contributed by atoms with van der Waals surface area (Å²) >= 11 is 0. The van der Waals surface area contributed by atoms with Gasteiger partial charge in [0.2, 0.25) is 10.0 Å². The van der Waals surface area contributed by atoms with Crippen LogP contribution in [-0.4, -0.2) is 38.3 Å². The van der Waals surface area contributed by atoms with Crippen LogP contribution in [0.2, 0.25) is 0 Å². The van der Waals surface area contributed by atoms with Crippen LogP contribution in [0, 0.1) is 5.82 Å². The Morgan fingerprint density at radius 1 is 1.07 bits per heavy atom. The molecule has 0 spiro atoms. The van der Waals surface area contributed by atoms with E-state index in [0.717, 1.165) is 32.1 Å². The molecule has 3 rings (SSSR count). The minimum atomic E-state index is -3.68. The molecule has 2 aromatic rings. The zero-order valence-electron chi connectivity index (χ0n) is 16.8. The summed E-state index contributed by atoms with van der Waals surface area (Å²) in [4.78, 5) is 14.6. The van der Waals surface area contributed by atoms with E-state index in [1.165, 1.54) is 45.6 Å². The molecule has 0 unspecified atom stereocenters. The van der Waals surface area contributed by atoms with Crippen LogP contribution in [0.3, 0.4) is 0 Å². The molecular weight excluding hydrogens is 391 g/mol. The van der Waals surface area contributed by atoms with Gasteiger partial charge in [0, 0.05) is 30.9 Å². The molecule has 0 saturated heterocycles. The van der Waals surface area contributed by atoms with Gasteiger partial charge >= 0.3 is 0 Å². The molecule has 0 radical (unpaired) electrons. The Kier molecular flexibility index (Phi) is 6.70. The van der Waals surface area contributed by atoms with Crippen molar-refractivity contribution in [3.63, 3.8) is 0 Å². The highest BCUT2D eigenvalue weighted by molar-refractivity contribution is 7.89. The largest absolute Gasteiger partial charge is 0.309 e. The Morgan fingerprint density at radius 3 is 2.34 bits per heavy atom. The molecule has 0 aliphatic heterocycles. The number of hydrogen-bond acceptors (Lipinski definition) is 3. The lowest BCUT2D eigenvalue weighted by atomic mass is 9.96. The van der Waals surface area contributed by atoms with Crippen molar-refractivity contribution < 1.29 is 17.6 Å². The maximum atomic E-state index is 13.2. The summed E-state index contributed by atoms with van der Waals surface area (Å²) < 4.78 is 40.9. The third-order valence-corrected chi connectivity index (χ3v) is 7.45. The Labute approximate surface area is 172 Å². The first kappa shape index (κ1) is 21.5. The summed E-state index contributed by atoms with van der Waals surface area (Å²) in [6.07, 6.45) is 4.94. The van der Waals surface area contributed by atoms with E-state index in [4.69, 9.17) is 0 Å². The number of hydrogen-bond donors (Lipinski definition) is 0. The summed E-state index contributed by atoms with van der Waals surface area (Å²) in [6, 6.07) is 11.8. The number of anilines is 1. The molecule has 156 valence electrons. The van der Waals surface area contributed by atoms with Crippen LogP contribution in [0.5, 0.6) is 0 Å². The van der Waals surface area contributed by atoms with Crippen molar-refractivity contribution in [2.45, 2.75) is 50.0 Å². The molecular formula is C22H27FN2O3S. The Bertz CT molecular complexity index is 954. The fourth-order valence-corrected chi connectivity index (χ4v) is 5.28. The predicted octanol–water partition coefficient (Wildman–Crippen LogP) is 4.45. The van der Waals surface area contributed by atoms with Crippen molar-refractivity contribution in [1.82, 2.24) is 4.31 Å². The van der Waals surface area contributed by atoms with Gasteiger partial charge in [0.15, 0.2) is 0 Å². The SMILES string of the molecule is CCN(C(=O)c1cccc(S(=O)(=O)N(C)C2CCCCC2)c1)c1ccc(F)cc1. The number of rotatable bonds is 6. The van der Waals surface area contributed by atoms with Crippen LogP contribution in [-0.2, 0) is 10.0 Å². The fourth-order valence-electron chi connectivity index (χ4n) is 3.82. The van der Waals surface area contributed by atoms with Crippen LogP contribution < -0.4 is 4.90 Å². The highest BCUT2D eigenvalue weighted by Crippen LogP contribution is 2.27. The van der Waals surface area contributed by atoms with Gasteiger partial charge in [-0.05, 0) is 62.2 Å². The molecule has 1 fully saturated rings. The molecule has 1 saturated carbocycles. The lowest BCUT2D eigenvalue weighted by Crippen LogP contribution is -2.38. The molecule has 5 nitrogen and oxygen atoms in total. The molecule has 29 heavy (non-hydrogen) atoms. The van der Waals surface area contributed by atoms with Crippen LogP contribution in [0.25, 0.3) is 0 Å². The molecule has 1 amide bonds. The Balaban J connectivity index is 1.87. The summed E-state index contributed by atoms with van der Waals surface area (Å²) in [7, 11) is -2.06. The highest BCUT2D eigenvalue weighted by Gasteiger charge is 2.29. The van der Waals surface area contributed by atoms with Crippen LogP contribution in [0.1, 0.15) is 49.4 Å². The molecule has 0 N–H and O–H groups in total. The molecule has 0 aromatic heterocycles. The maximum Gasteiger partial charge on any atom is 0.258 e. The first-order valence-corrected chi connectivity index (χ1v) is 11.4. The lowest BCUT2D eigenvalue weighted by molar-refractivity contribution is 0.0988. The smallest absolute Gasteiger partial charge is 0.258 e. The second-order valence-corrected chi connectivity index (χ2v) is 9.36. The number of carbonyl (C=O) groups is 1. The minimum absolute atomic E-state index is 0.000497. The average molecular weight is 419 g/mol. The molecule has 1 aliphatic carbocycles. The number of halogens is 1. The van der Waals surface area contributed by atoms with E-state index in [-0.39, 0.29) is 28.2 Å². The third-order valence-electron chi connectivity index (χ3n) is 5.55. The van der Waals surface area contributed by atoms with E-state index in [2.05, 4.69) is 0 Å². The topological polar surface area (TPSA) is 57.7 Å². The number of amides is 1. The van der Waals surface area contributed by atoms with E-state index in [1.807, 2.05) is 6.92 Å². The van der Waals surface area contributed by atoms with Crippen molar-refractivity contribution in [1.29, 1.82) is 0 Å². The summed E-state index contributed by atoms with van der Waals surface area (Å²) in [6.45, 7) is 2.20. The first-order valence-electron chi connectivity index (χ1n) is 10.00. The van der Waals surface area contributed by atoms with E-state index in [0.29, 0.717) is 12.2 Å². The van der Waals surface area contributed by atoms with Gasteiger partial charge in [-0.2, -0.15) is 4.31 Å². The van der Waals surface area contributed by atoms with Gasteiger partial charge in [-0.1, -0.05) is 25.3 Å². The van der Waals surface area contributed by atoms with Crippen molar-refractivity contribution in [3.8, 4) is 0 Å². The van der Waals surface area contributed by atoms with Crippen LogP contribution in [0.4, 0.5) is 10.1 Å². The number of nitrogens with zero attached hydrogens (tertiary/aromatic N) is 2. The predicted molar refractivity (Wildman–Crippen MR) is 112 cm³/mol. The molecule has 7 heteroatoms. The Morgan fingerprint density at radius 2 is 1.72 bits per heavy atom. The minimum Gasteiger partial charge on any atom is -0.309 e. The maximum absolute atomic E-state index is 13.2. The van der Waals surface area contributed by atoms with Gasteiger partial charge in [0.1, 0.15) is 5.82 Å². The first-order chi connectivity index (χ1) is 13.8. The van der Waals surface area contributed by atoms with Crippen molar-refractivity contribution in [2.24, 2.45) is 0 Å².